The lowest BCUT2D eigenvalue weighted by atomic mass is 9.93. The molecule has 0 atom stereocenters. The predicted octanol–water partition coefficient (Wildman–Crippen LogP) is 15.0. The zero-order valence-electron chi connectivity index (χ0n) is 29.0. The summed E-state index contributed by atoms with van der Waals surface area (Å²) < 4.78 is 9.42. The summed E-state index contributed by atoms with van der Waals surface area (Å²) in [4.78, 5) is 5.41. The number of pyridine rings is 1. The first-order valence-electron chi connectivity index (χ1n) is 18.4. The number of fused-ring (bicyclic) bond motifs is 14. The van der Waals surface area contributed by atoms with E-state index in [9.17, 15) is 0 Å². The lowest BCUT2D eigenvalue weighted by molar-refractivity contribution is 0.670. The van der Waals surface area contributed by atoms with Gasteiger partial charge in [-0.1, -0.05) is 146 Å². The highest BCUT2D eigenvalue weighted by molar-refractivity contribution is 7.26. The monoisotopic (exact) mass is 703 g/mol. The molecule has 250 valence electrons. The summed E-state index contributed by atoms with van der Waals surface area (Å²) in [5.41, 5.74) is 9.44. The van der Waals surface area contributed by atoms with E-state index < -0.39 is 0 Å². The molecule has 54 heavy (non-hydrogen) atoms. The number of furan rings is 1. The third-order valence-corrected chi connectivity index (χ3v) is 12.4. The molecule has 0 spiro atoms. The first-order chi connectivity index (χ1) is 26.8. The summed E-state index contributed by atoms with van der Waals surface area (Å²) in [5.74, 6) is 0. The van der Waals surface area contributed by atoms with Gasteiger partial charge in [-0.15, -0.1) is 11.3 Å². The lowest BCUT2D eigenvalue weighted by Gasteiger charge is -2.13. The molecule has 0 saturated heterocycles. The highest BCUT2D eigenvalue weighted by atomic mass is 32.1. The van der Waals surface area contributed by atoms with Gasteiger partial charge in [-0.25, -0.2) is 4.98 Å². The van der Waals surface area contributed by atoms with E-state index in [0.29, 0.717) is 0 Å². The van der Waals surface area contributed by atoms with Crippen molar-refractivity contribution in [2.45, 2.75) is 0 Å². The summed E-state index contributed by atoms with van der Waals surface area (Å²) in [6.07, 6.45) is 0. The van der Waals surface area contributed by atoms with E-state index >= 15 is 0 Å². The Kier molecular flexibility index (Phi) is 6.25. The van der Waals surface area contributed by atoms with Gasteiger partial charge in [0.2, 0.25) is 0 Å². The van der Waals surface area contributed by atoms with E-state index in [0.717, 1.165) is 50.2 Å². The molecule has 0 amide bonds. The molecule has 0 fully saturated rings. The van der Waals surface area contributed by atoms with Crippen LogP contribution < -0.4 is 0 Å². The first kappa shape index (κ1) is 29.7. The number of nitrogens with zero attached hydrogens (tertiary/aromatic N) is 1. The van der Waals surface area contributed by atoms with Gasteiger partial charge >= 0.3 is 0 Å². The molecule has 9 aromatic carbocycles. The Morgan fingerprint density at radius 1 is 0.407 bits per heavy atom. The molecular weight excluding hydrogens is 675 g/mol. The van der Waals surface area contributed by atoms with Crippen LogP contribution in [0.4, 0.5) is 0 Å². The molecule has 12 aromatic rings. The quantitative estimate of drug-likeness (QED) is 0.171. The summed E-state index contributed by atoms with van der Waals surface area (Å²) in [5, 5.41) is 13.4. The maximum Gasteiger partial charge on any atom is 0.143 e. The minimum absolute atomic E-state index is 0.909. The Labute approximate surface area is 314 Å². The molecule has 0 aliphatic heterocycles. The minimum Gasteiger partial charge on any atom is -0.455 e. The predicted molar refractivity (Wildman–Crippen MR) is 231 cm³/mol. The molecule has 2 nitrogen and oxygen atoms in total. The minimum atomic E-state index is 0.909. The second-order valence-corrected chi connectivity index (χ2v) is 15.3. The highest BCUT2D eigenvalue weighted by Gasteiger charge is 2.20. The normalized spacial score (nSPS) is 12.1. The molecule has 3 heteroatoms. The average molecular weight is 704 g/mol. The number of aromatic nitrogens is 1. The second-order valence-electron chi connectivity index (χ2n) is 14.2. The maximum absolute atomic E-state index is 6.80. The molecule has 0 saturated carbocycles. The lowest BCUT2D eigenvalue weighted by Crippen LogP contribution is -1.91. The van der Waals surface area contributed by atoms with Crippen molar-refractivity contribution in [3.8, 4) is 33.5 Å². The van der Waals surface area contributed by atoms with Gasteiger partial charge in [-0.3, -0.25) is 0 Å². The Morgan fingerprint density at radius 2 is 1.09 bits per heavy atom. The van der Waals surface area contributed by atoms with Crippen LogP contribution >= 0.6 is 11.3 Å². The van der Waals surface area contributed by atoms with Crippen molar-refractivity contribution < 1.29 is 4.42 Å². The van der Waals surface area contributed by atoms with Crippen LogP contribution in [-0.4, -0.2) is 4.98 Å². The number of hydrogen-bond acceptors (Lipinski definition) is 3. The fraction of sp³-hybridized carbons (Fsp3) is 0. The number of rotatable bonds is 3. The van der Waals surface area contributed by atoms with Gasteiger partial charge in [0.25, 0.3) is 0 Å². The molecule has 12 rings (SSSR count). The Hall–Kier alpha value is -6.81. The van der Waals surface area contributed by atoms with Crippen molar-refractivity contribution in [3.05, 3.63) is 176 Å². The van der Waals surface area contributed by atoms with Crippen molar-refractivity contribution in [1.82, 2.24) is 4.98 Å². The smallest absolute Gasteiger partial charge is 0.143 e. The fourth-order valence-electron chi connectivity index (χ4n) is 8.73. The topological polar surface area (TPSA) is 26.0 Å². The van der Waals surface area contributed by atoms with Gasteiger partial charge in [0.15, 0.2) is 0 Å². The molecule has 0 radical (unpaired) electrons. The third kappa shape index (κ3) is 4.30. The molecule has 0 N–H and O–H groups in total. The molecular formula is C51H29NOS. The van der Waals surface area contributed by atoms with Gasteiger partial charge in [0.1, 0.15) is 11.2 Å². The summed E-state index contributed by atoms with van der Waals surface area (Å²) in [6, 6.07) is 63.4. The van der Waals surface area contributed by atoms with Crippen LogP contribution in [0, 0.1) is 0 Å². The summed E-state index contributed by atoms with van der Waals surface area (Å²) in [6.45, 7) is 0. The average Bonchev–Trinajstić information content (AvgIpc) is 3.83. The third-order valence-electron chi connectivity index (χ3n) is 11.2. The maximum atomic E-state index is 6.80. The SMILES string of the molecule is c1ccc(-c2nc3cc(-c4cccc(-c5cc6ccccc6c6c5oc5ccc7ccccc7c56)c4)ccc3c3c2ccc2c4ccccc4sc23)cc1. The number of thiophene rings is 1. The van der Waals surface area contributed by atoms with E-state index in [1.54, 1.807) is 0 Å². The molecule has 0 unspecified atom stereocenters. The summed E-state index contributed by atoms with van der Waals surface area (Å²) in [7, 11) is 0. The van der Waals surface area contributed by atoms with Crippen LogP contribution in [0.3, 0.4) is 0 Å². The highest BCUT2D eigenvalue weighted by Crippen LogP contribution is 2.46. The van der Waals surface area contributed by atoms with E-state index in [-0.39, 0.29) is 0 Å². The van der Waals surface area contributed by atoms with E-state index in [4.69, 9.17) is 9.40 Å². The second kappa shape index (κ2) is 11.3. The number of benzene rings is 9. The van der Waals surface area contributed by atoms with Crippen molar-refractivity contribution in [1.29, 1.82) is 0 Å². The first-order valence-corrected chi connectivity index (χ1v) is 19.2. The van der Waals surface area contributed by atoms with Gasteiger partial charge in [-0.2, -0.15) is 0 Å². The van der Waals surface area contributed by atoms with Crippen LogP contribution in [0.25, 0.3) is 119 Å². The number of hydrogen-bond donors (Lipinski definition) is 0. The van der Waals surface area contributed by atoms with Crippen LogP contribution in [0.5, 0.6) is 0 Å². The molecule has 3 aromatic heterocycles. The van der Waals surface area contributed by atoms with Gasteiger partial charge in [0, 0.05) is 58.2 Å². The standard InChI is InChI=1S/C51H29NOS/c1-2-12-31(13-3-1)49-41-25-24-39-38-19-8-9-20-45(38)54-51(39)46(41)40-23-21-33(29-43(40)52-49)32-15-10-16-34(27-32)42-28-35-14-5-7-18-37(35)48-47-36-17-6-4-11-30(36)22-26-44(47)53-50(42)48/h1-29H. The van der Waals surface area contributed by atoms with Crippen LogP contribution in [0.15, 0.2) is 180 Å². The van der Waals surface area contributed by atoms with E-state index in [2.05, 4.69) is 176 Å². The Morgan fingerprint density at radius 3 is 1.98 bits per heavy atom. The Balaban J connectivity index is 1.09. The zero-order valence-corrected chi connectivity index (χ0v) is 29.8. The molecule has 0 aliphatic rings. The largest absolute Gasteiger partial charge is 0.455 e. The summed E-state index contributed by atoms with van der Waals surface area (Å²) >= 11 is 1.88. The van der Waals surface area contributed by atoms with Crippen LogP contribution in [-0.2, 0) is 0 Å². The zero-order chi connectivity index (χ0) is 35.3. The molecule has 0 bridgehead atoms. The van der Waals surface area contributed by atoms with Crippen LogP contribution in [0.1, 0.15) is 0 Å². The van der Waals surface area contributed by atoms with Gasteiger partial charge < -0.3 is 4.42 Å². The van der Waals surface area contributed by atoms with Crippen molar-refractivity contribution in [2.75, 3.05) is 0 Å². The van der Waals surface area contributed by atoms with Gasteiger partial charge in [0.05, 0.1) is 11.2 Å². The van der Waals surface area contributed by atoms with Crippen molar-refractivity contribution >= 4 is 96.7 Å². The molecule has 0 aliphatic carbocycles. The van der Waals surface area contributed by atoms with E-state index in [1.165, 1.54) is 68.6 Å². The van der Waals surface area contributed by atoms with Crippen molar-refractivity contribution in [3.63, 3.8) is 0 Å². The fourth-order valence-corrected chi connectivity index (χ4v) is 10.00. The van der Waals surface area contributed by atoms with Gasteiger partial charge in [-0.05, 0) is 68.6 Å². The van der Waals surface area contributed by atoms with Crippen molar-refractivity contribution in [2.24, 2.45) is 0 Å². The molecule has 3 heterocycles. The van der Waals surface area contributed by atoms with Crippen LogP contribution in [0.2, 0.25) is 0 Å². The Bertz CT molecular complexity index is 3500. The van der Waals surface area contributed by atoms with E-state index in [1.807, 2.05) is 11.3 Å².